The van der Waals surface area contributed by atoms with Crippen molar-refractivity contribution in [1.29, 1.82) is 0 Å². The van der Waals surface area contributed by atoms with Gasteiger partial charge in [0.05, 0.1) is 19.4 Å². The van der Waals surface area contributed by atoms with Gasteiger partial charge in [-0.3, -0.25) is 5.10 Å². The monoisotopic (exact) mass is 288 g/mol. The summed E-state index contributed by atoms with van der Waals surface area (Å²) in [6.45, 7) is 3.14. The molecule has 1 saturated heterocycles. The Bertz CT molecular complexity index is 610. The number of morpholine rings is 1. The van der Waals surface area contributed by atoms with Crippen molar-refractivity contribution < 1.29 is 4.74 Å². The summed E-state index contributed by atoms with van der Waals surface area (Å²) in [6, 6.07) is 3.75. The SMILES string of the molecule is Nc1n[nH]c(N)c1N=Nc1ccc(N2CCOCC2)nc1. The van der Waals surface area contributed by atoms with E-state index in [-0.39, 0.29) is 11.6 Å². The highest BCUT2D eigenvalue weighted by molar-refractivity contribution is 5.70. The van der Waals surface area contributed by atoms with Gasteiger partial charge in [0.25, 0.3) is 0 Å². The molecule has 9 nitrogen and oxygen atoms in total. The number of hydrogen-bond donors (Lipinski definition) is 3. The van der Waals surface area contributed by atoms with E-state index >= 15 is 0 Å². The maximum atomic E-state index is 5.64. The minimum Gasteiger partial charge on any atom is -0.382 e. The molecule has 1 fully saturated rings. The Hall–Kier alpha value is -2.68. The highest BCUT2D eigenvalue weighted by Crippen LogP contribution is 2.28. The van der Waals surface area contributed by atoms with Crippen molar-refractivity contribution in [2.24, 2.45) is 10.2 Å². The summed E-state index contributed by atoms with van der Waals surface area (Å²) in [5.74, 6) is 1.41. The second-order valence-corrected chi connectivity index (χ2v) is 4.55. The predicted molar refractivity (Wildman–Crippen MR) is 78.9 cm³/mol. The van der Waals surface area contributed by atoms with Gasteiger partial charge in [-0.1, -0.05) is 0 Å². The van der Waals surface area contributed by atoms with Crippen LogP contribution >= 0.6 is 0 Å². The molecule has 0 atom stereocenters. The van der Waals surface area contributed by atoms with E-state index in [0.29, 0.717) is 11.4 Å². The molecule has 1 aliphatic rings. The van der Waals surface area contributed by atoms with Gasteiger partial charge in [0.15, 0.2) is 11.5 Å². The second kappa shape index (κ2) is 5.75. The summed E-state index contributed by atoms with van der Waals surface area (Å²) in [5.41, 5.74) is 12.2. The summed E-state index contributed by atoms with van der Waals surface area (Å²) >= 11 is 0. The molecule has 21 heavy (non-hydrogen) atoms. The van der Waals surface area contributed by atoms with E-state index in [2.05, 4.69) is 30.3 Å². The van der Waals surface area contributed by atoms with Gasteiger partial charge in [-0.05, 0) is 12.1 Å². The van der Waals surface area contributed by atoms with Gasteiger partial charge in [-0.15, -0.1) is 10.2 Å². The molecule has 0 aliphatic carbocycles. The lowest BCUT2D eigenvalue weighted by Crippen LogP contribution is -2.36. The molecule has 110 valence electrons. The van der Waals surface area contributed by atoms with Crippen molar-refractivity contribution in [3.63, 3.8) is 0 Å². The average molecular weight is 288 g/mol. The summed E-state index contributed by atoms with van der Waals surface area (Å²) in [4.78, 5) is 6.54. The molecule has 0 saturated carbocycles. The first kappa shape index (κ1) is 13.3. The number of nitrogen functional groups attached to an aromatic ring is 2. The van der Waals surface area contributed by atoms with Crippen molar-refractivity contribution in [3.8, 4) is 0 Å². The van der Waals surface area contributed by atoms with Gasteiger partial charge in [0, 0.05) is 13.1 Å². The minimum absolute atomic E-state index is 0.217. The van der Waals surface area contributed by atoms with Gasteiger partial charge in [0.1, 0.15) is 17.3 Å². The summed E-state index contributed by atoms with van der Waals surface area (Å²) in [7, 11) is 0. The fraction of sp³-hybridized carbons (Fsp3) is 0.333. The maximum absolute atomic E-state index is 5.64. The fourth-order valence-electron chi connectivity index (χ4n) is 1.99. The molecule has 0 radical (unpaired) electrons. The first-order valence-electron chi connectivity index (χ1n) is 6.54. The number of nitrogens with zero attached hydrogens (tertiary/aromatic N) is 5. The van der Waals surface area contributed by atoms with Crippen LogP contribution in [0.25, 0.3) is 0 Å². The van der Waals surface area contributed by atoms with Gasteiger partial charge in [0.2, 0.25) is 0 Å². The number of nitrogens with one attached hydrogen (secondary N) is 1. The molecule has 0 spiro atoms. The third-order valence-electron chi connectivity index (χ3n) is 3.13. The Morgan fingerprint density at radius 1 is 1.19 bits per heavy atom. The van der Waals surface area contributed by atoms with Crippen LogP contribution in [0.1, 0.15) is 0 Å². The second-order valence-electron chi connectivity index (χ2n) is 4.55. The highest BCUT2D eigenvalue weighted by Gasteiger charge is 2.12. The van der Waals surface area contributed by atoms with E-state index in [9.17, 15) is 0 Å². The van der Waals surface area contributed by atoms with Crippen molar-refractivity contribution >= 4 is 28.8 Å². The zero-order chi connectivity index (χ0) is 14.7. The van der Waals surface area contributed by atoms with Crippen molar-refractivity contribution in [1.82, 2.24) is 15.2 Å². The maximum Gasteiger partial charge on any atom is 0.175 e. The Labute approximate surface area is 121 Å². The minimum atomic E-state index is 0.217. The van der Waals surface area contributed by atoms with Gasteiger partial charge in [-0.2, -0.15) is 5.10 Å². The molecule has 0 bridgehead atoms. The third kappa shape index (κ3) is 2.92. The number of aromatic nitrogens is 3. The molecule has 9 heteroatoms. The summed E-state index contributed by atoms with van der Waals surface area (Å²) in [5, 5.41) is 14.3. The van der Waals surface area contributed by atoms with Crippen LogP contribution in [0.2, 0.25) is 0 Å². The molecular weight excluding hydrogens is 272 g/mol. The number of rotatable bonds is 3. The normalized spacial score (nSPS) is 15.7. The molecular formula is C12H16N8O. The zero-order valence-electron chi connectivity index (χ0n) is 11.4. The van der Waals surface area contributed by atoms with Crippen LogP contribution in [-0.2, 0) is 4.74 Å². The Morgan fingerprint density at radius 2 is 2.00 bits per heavy atom. The number of azo groups is 1. The number of ether oxygens (including phenoxy) is 1. The number of anilines is 3. The zero-order valence-corrected chi connectivity index (χ0v) is 11.4. The topological polar surface area (TPSA) is 131 Å². The molecule has 2 aromatic rings. The first-order valence-corrected chi connectivity index (χ1v) is 6.54. The van der Waals surface area contributed by atoms with Crippen LogP contribution in [0.5, 0.6) is 0 Å². The van der Waals surface area contributed by atoms with Crippen molar-refractivity contribution in [2.45, 2.75) is 0 Å². The number of hydrogen-bond acceptors (Lipinski definition) is 8. The lowest BCUT2D eigenvalue weighted by atomic mass is 10.3. The third-order valence-corrected chi connectivity index (χ3v) is 3.13. The molecule has 5 N–H and O–H groups in total. The quantitative estimate of drug-likeness (QED) is 0.728. The van der Waals surface area contributed by atoms with E-state index in [1.165, 1.54) is 0 Å². The van der Waals surface area contributed by atoms with Crippen LogP contribution in [-0.4, -0.2) is 41.5 Å². The van der Waals surface area contributed by atoms with Crippen LogP contribution < -0.4 is 16.4 Å². The standard InChI is InChI=1S/C12H16N8O/c13-11-10(12(14)19-18-11)17-16-8-1-2-9(15-7-8)20-3-5-21-6-4-20/h1-2,7H,3-6H2,(H5,13,14,18,19). The average Bonchev–Trinajstić information content (AvgIpc) is 2.85. The van der Waals surface area contributed by atoms with Crippen LogP contribution in [0, 0.1) is 0 Å². The van der Waals surface area contributed by atoms with Gasteiger partial charge < -0.3 is 21.1 Å². The highest BCUT2D eigenvalue weighted by atomic mass is 16.5. The smallest absolute Gasteiger partial charge is 0.175 e. The summed E-state index contributed by atoms with van der Waals surface area (Å²) in [6.07, 6.45) is 1.65. The largest absolute Gasteiger partial charge is 0.382 e. The van der Waals surface area contributed by atoms with Crippen LogP contribution in [0.3, 0.4) is 0 Å². The molecule has 2 aromatic heterocycles. The van der Waals surface area contributed by atoms with E-state index < -0.39 is 0 Å². The Kier molecular flexibility index (Phi) is 3.65. The lowest BCUT2D eigenvalue weighted by Gasteiger charge is -2.27. The van der Waals surface area contributed by atoms with Crippen molar-refractivity contribution in [3.05, 3.63) is 18.3 Å². The lowest BCUT2D eigenvalue weighted by molar-refractivity contribution is 0.122. The molecule has 0 aromatic carbocycles. The summed E-state index contributed by atoms with van der Waals surface area (Å²) < 4.78 is 5.31. The van der Waals surface area contributed by atoms with Crippen LogP contribution in [0.4, 0.5) is 28.8 Å². The van der Waals surface area contributed by atoms with E-state index in [1.54, 1.807) is 6.20 Å². The Morgan fingerprint density at radius 3 is 2.62 bits per heavy atom. The van der Waals surface area contributed by atoms with E-state index in [4.69, 9.17) is 16.2 Å². The molecule has 0 amide bonds. The van der Waals surface area contributed by atoms with Gasteiger partial charge in [-0.25, -0.2) is 4.98 Å². The first-order chi connectivity index (χ1) is 10.2. The van der Waals surface area contributed by atoms with Crippen molar-refractivity contribution in [2.75, 3.05) is 42.7 Å². The van der Waals surface area contributed by atoms with Gasteiger partial charge >= 0.3 is 0 Å². The fourth-order valence-corrected chi connectivity index (χ4v) is 1.99. The number of H-pyrrole nitrogens is 1. The molecule has 1 aliphatic heterocycles. The number of nitrogens with two attached hydrogens (primary N) is 2. The predicted octanol–water partition coefficient (Wildman–Crippen LogP) is 1.22. The van der Waals surface area contributed by atoms with E-state index in [1.807, 2.05) is 12.1 Å². The number of pyridine rings is 1. The van der Waals surface area contributed by atoms with E-state index in [0.717, 1.165) is 32.1 Å². The molecule has 0 unspecified atom stereocenters. The Balaban J connectivity index is 1.72. The molecule has 3 heterocycles. The van der Waals surface area contributed by atoms with Crippen LogP contribution in [0.15, 0.2) is 28.6 Å². The molecule has 3 rings (SSSR count). The number of aromatic amines is 1.